The minimum atomic E-state index is 0.317. The van der Waals surface area contributed by atoms with Gasteiger partial charge in [0.1, 0.15) is 29.3 Å². The highest BCUT2D eigenvalue weighted by molar-refractivity contribution is 5.47. The summed E-state index contributed by atoms with van der Waals surface area (Å²) < 4.78 is 25.3. The molecule has 4 aromatic carbocycles. The second-order valence-corrected chi connectivity index (χ2v) is 13.8. The molecule has 45 heavy (non-hydrogen) atoms. The number of rotatable bonds is 9. The molecule has 0 saturated carbocycles. The van der Waals surface area contributed by atoms with E-state index in [4.69, 9.17) is 18.9 Å². The largest absolute Gasteiger partial charge is 0.497 e. The van der Waals surface area contributed by atoms with Gasteiger partial charge in [0.25, 0.3) is 0 Å². The molecule has 4 aromatic rings. The van der Waals surface area contributed by atoms with Crippen LogP contribution >= 0.6 is 0 Å². The minimum absolute atomic E-state index is 0.317. The van der Waals surface area contributed by atoms with Gasteiger partial charge in [0, 0.05) is 36.8 Å². The van der Waals surface area contributed by atoms with Gasteiger partial charge in [0.15, 0.2) is 11.5 Å². The minimum Gasteiger partial charge on any atom is -0.497 e. The van der Waals surface area contributed by atoms with Crippen LogP contribution in [0.3, 0.4) is 0 Å². The van der Waals surface area contributed by atoms with E-state index in [2.05, 4.69) is 101 Å². The molecule has 0 saturated heterocycles. The van der Waals surface area contributed by atoms with Crippen molar-refractivity contribution in [1.29, 1.82) is 0 Å². The molecule has 2 atom stereocenters. The summed E-state index contributed by atoms with van der Waals surface area (Å²) in [6.07, 6.45) is 4.02. The highest BCUT2D eigenvalue weighted by Crippen LogP contribution is 2.41. The molecular formula is C39H48N2O4+2. The van der Waals surface area contributed by atoms with Gasteiger partial charge < -0.3 is 27.9 Å². The molecule has 0 fully saturated rings. The molecule has 6 nitrogen and oxygen atoms in total. The monoisotopic (exact) mass is 608 g/mol. The number of methoxy groups -OCH3 is 3. The lowest BCUT2D eigenvalue weighted by molar-refractivity contribution is -0.923. The lowest BCUT2D eigenvalue weighted by atomic mass is 9.87. The molecule has 0 aromatic heterocycles. The van der Waals surface area contributed by atoms with Crippen LogP contribution in [0.25, 0.3) is 0 Å². The second kappa shape index (κ2) is 12.4. The number of hydrogen-bond acceptors (Lipinski definition) is 4. The zero-order chi connectivity index (χ0) is 31.8. The Morgan fingerprint density at radius 1 is 0.533 bits per heavy atom. The summed E-state index contributed by atoms with van der Waals surface area (Å²) in [7, 11) is 14.5. The Balaban J connectivity index is 1.22. The van der Waals surface area contributed by atoms with Crippen molar-refractivity contribution < 1.29 is 27.9 Å². The predicted molar refractivity (Wildman–Crippen MR) is 180 cm³/mol. The van der Waals surface area contributed by atoms with Crippen LogP contribution in [-0.4, -0.2) is 71.6 Å². The van der Waals surface area contributed by atoms with Crippen LogP contribution in [0.4, 0.5) is 0 Å². The van der Waals surface area contributed by atoms with Crippen molar-refractivity contribution in [3.8, 4) is 28.7 Å². The molecule has 236 valence electrons. The molecule has 2 unspecified atom stereocenters. The van der Waals surface area contributed by atoms with Crippen molar-refractivity contribution in [3.63, 3.8) is 0 Å². The van der Waals surface area contributed by atoms with Crippen LogP contribution in [-0.2, 0) is 25.7 Å². The van der Waals surface area contributed by atoms with Crippen LogP contribution in [0.15, 0.2) is 78.9 Å². The Morgan fingerprint density at radius 3 is 1.53 bits per heavy atom. The Morgan fingerprint density at radius 2 is 1.02 bits per heavy atom. The Labute approximate surface area is 268 Å². The predicted octanol–water partition coefficient (Wildman–Crippen LogP) is 7.34. The molecule has 0 aliphatic carbocycles. The maximum Gasteiger partial charge on any atom is 0.169 e. The lowest BCUT2D eigenvalue weighted by Crippen LogP contribution is -2.48. The number of hydrogen-bond donors (Lipinski definition) is 0. The fourth-order valence-electron chi connectivity index (χ4n) is 7.27. The molecule has 0 spiro atoms. The van der Waals surface area contributed by atoms with E-state index in [-0.39, 0.29) is 0 Å². The molecule has 0 bridgehead atoms. The summed E-state index contributed by atoms with van der Waals surface area (Å²) in [4.78, 5) is 0. The quantitative estimate of drug-likeness (QED) is 0.186. The van der Waals surface area contributed by atoms with Crippen molar-refractivity contribution in [1.82, 2.24) is 0 Å². The van der Waals surface area contributed by atoms with E-state index in [0.29, 0.717) is 12.1 Å². The third kappa shape index (κ3) is 6.40. The summed E-state index contributed by atoms with van der Waals surface area (Å²) in [5.74, 6) is 4.11. The van der Waals surface area contributed by atoms with E-state index in [1.54, 1.807) is 21.3 Å². The van der Waals surface area contributed by atoms with Crippen molar-refractivity contribution >= 4 is 0 Å². The maximum atomic E-state index is 6.49. The topological polar surface area (TPSA) is 36.9 Å². The van der Waals surface area contributed by atoms with Gasteiger partial charge in [-0.05, 0) is 70.8 Å². The van der Waals surface area contributed by atoms with Crippen LogP contribution < -0.4 is 18.9 Å². The van der Waals surface area contributed by atoms with Gasteiger partial charge in [-0.3, -0.25) is 0 Å². The van der Waals surface area contributed by atoms with Gasteiger partial charge >= 0.3 is 0 Å². The first-order chi connectivity index (χ1) is 21.6. The molecule has 0 amide bonds. The first kappa shape index (κ1) is 31.0. The molecule has 2 aliphatic heterocycles. The summed E-state index contributed by atoms with van der Waals surface area (Å²) in [5, 5.41) is 0. The normalized spacial score (nSPS) is 19.6. The number of ether oxygens (including phenoxy) is 4. The van der Waals surface area contributed by atoms with Crippen LogP contribution in [0.2, 0.25) is 0 Å². The van der Waals surface area contributed by atoms with Crippen molar-refractivity contribution in [3.05, 3.63) is 112 Å². The highest BCUT2D eigenvalue weighted by Gasteiger charge is 2.37. The fraction of sp³-hybridized carbons (Fsp3) is 0.385. The van der Waals surface area contributed by atoms with Crippen LogP contribution in [0.1, 0.15) is 45.5 Å². The van der Waals surface area contributed by atoms with Crippen molar-refractivity contribution in [2.75, 3.05) is 62.6 Å². The van der Waals surface area contributed by atoms with Crippen LogP contribution in [0, 0.1) is 0 Å². The Hall–Kier alpha value is -4.00. The van der Waals surface area contributed by atoms with Gasteiger partial charge in [-0.2, -0.15) is 0 Å². The molecule has 6 heteroatoms. The lowest BCUT2D eigenvalue weighted by Gasteiger charge is -2.43. The summed E-state index contributed by atoms with van der Waals surface area (Å²) >= 11 is 0. The summed E-state index contributed by atoms with van der Waals surface area (Å²) in [6.45, 7) is 2.23. The van der Waals surface area contributed by atoms with Crippen LogP contribution in [0.5, 0.6) is 28.7 Å². The highest BCUT2D eigenvalue weighted by atomic mass is 16.5. The van der Waals surface area contributed by atoms with E-state index in [1.807, 2.05) is 6.07 Å². The molecule has 2 heterocycles. The molecule has 6 rings (SSSR count). The third-order valence-corrected chi connectivity index (χ3v) is 10.3. The van der Waals surface area contributed by atoms with Crippen molar-refractivity contribution in [2.24, 2.45) is 0 Å². The van der Waals surface area contributed by atoms with Crippen molar-refractivity contribution in [2.45, 2.75) is 37.8 Å². The van der Waals surface area contributed by atoms with E-state index in [9.17, 15) is 0 Å². The molecule has 0 radical (unpaired) electrons. The Bertz CT molecular complexity index is 1660. The summed E-state index contributed by atoms with van der Waals surface area (Å²) in [6, 6.07) is 28.7. The number of likely N-dealkylation sites (N-methyl/N-ethyl adjacent to an activating group) is 2. The molecule has 0 N–H and O–H groups in total. The summed E-state index contributed by atoms with van der Waals surface area (Å²) in [5.41, 5.74) is 8.14. The van der Waals surface area contributed by atoms with Gasteiger partial charge in [-0.25, -0.2) is 0 Å². The van der Waals surface area contributed by atoms with E-state index in [0.717, 1.165) is 76.5 Å². The third-order valence-electron chi connectivity index (χ3n) is 10.3. The van der Waals surface area contributed by atoms with Gasteiger partial charge in [-0.15, -0.1) is 0 Å². The Kier molecular flexibility index (Phi) is 8.55. The zero-order valence-corrected chi connectivity index (χ0v) is 27.9. The average Bonchev–Trinajstić information content (AvgIpc) is 3.04. The first-order valence-corrected chi connectivity index (χ1v) is 16.0. The molecular weight excluding hydrogens is 560 g/mol. The average molecular weight is 609 g/mol. The maximum absolute atomic E-state index is 6.49. The zero-order valence-electron chi connectivity index (χ0n) is 27.9. The first-order valence-electron chi connectivity index (χ1n) is 16.0. The SMILES string of the molecule is COc1ccc2c(c1)C(Cc1ccc(Oc3cc(CC4c5cc(OC)ccc5CC[N+]4(C)C)ccc3OC)cc1)[N+](C)(C)CC2. The fourth-order valence-corrected chi connectivity index (χ4v) is 7.27. The van der Waals surface area contributed by atoms with Gasteiger partial charge in [0.05, 0.1) is 62.6 Å². The molecule has 2 aliphatic rings. The van der Waals surface area contributed by atoms with Gasteiger partial charge in [0.2, 0.25) is 0 Å². The van der Waals surface area contributed by atoms with E-state index >= 15 is 0 Å². The number of quaternary nitrogens is 2. The number of fused-ring (bicyclic) bond motifs is 2. The number of benzene rings is 4. The standard InChI is InChI=1S/C39H48N2O4/c1-40(2)20-18-29-11-15-32(42-5)25-34(29)36(40)22-27-8-13-31(14-9-27)45-39-24-28(10-17-38(39)44-7)23-37-35-26-33(43-6)16-12-30(35)19-21-41(37,3)4/h8-17,24-26,36-37H,18-23H2,1-7H3/q+2. The second-order valence-electron chi connectivity index (χ2n) is 13.8. The smallest absolute Gasteiger partial charge is 0.169 e. The van der Waals surface area contributed by atoms with E-state index in [1.165, 1.54) is 33.4 Å². The van der Waals surface area contributed by atoms with Gasteiger partial charge in [-0.1, -0.05) is 30.3 Å². The van der Waals surface area contributed by atoms with E-state index < -0.39 is 0 Å². The number of nitrogens with zero attached hydrogens (tertiary/aromatic N) is 2.